The SMILES string of the molecule is CC(=O)N[C@@H](Cc1cnc[nH]1)C(=O)NCc1cn2c(C)c(C)sc2n1. The van der Waals surface area contributed by atoms with Crippen LogP contribution in [0.4, 0.5) is 0 Å². The van der Waals surface area contributed by atoms with Gasteiger partial charge in [0.2, 0.25) is 11.8 Å². The van der Waals surface area contributed by atoms with Crippen LogP contribution >= 0.6 is 11.3 Å². The lowest BCUT2D eigenvalue weighted by atomic mass is 10.1. The molecule has 0 fully saturated rings. The van der Waals surface area contributed by atoms with Crippen LogP contribution in [0.5, 0.6) is 0 Å². The Morgan fingerprint density at radius 3 is 2.84 bits per heavy atom. The first kappa shape index (κ1) is 17.2. The molecule has 0 bridgehead atoms. The summed E-state index contributed by atoms with van der Waals surface area (Å²) in [5.41, 5.74) is 2.72. The number of hydrogen-bond acceptors (Lipinski definition) is 5. The Morgan fingerprint density at radius 2 is 2.20 bits per heavy atom. The summed E-state index contributed by atoms with van der Waals surface area (Å²) in [5.74, 6) is -0.512. The van der Waals surface area contributed by atoms with Crippen LogP contribution in [-0.4, -0.2) is 37.2 Å². The van der Waals surface area contributed by atoms with E-state index in [0.29, 0.717) is 13.0 Å². The molecular weight excluding hydrogens is 340 g/mol. The standard InChI is InChI=1S/C16H20N6O2S/c1-9-10(2)25-16-21-13(7-22(9)16)6-18-15(24)14(20-11(3)23)4-12-5-17-8-19-12/h5,7-8,14H,4,6H2,1-3H3,(H,17,19)(H,18,24)(H,20,23)/t14-/m0/s1. The van der Waals surface area contributed by atoms with Gasteiger partial charge in [0, 0.05) is 42.0 Å². The predicted molar refractivity (Wildman–Crippen MR) is 94.3 cm³/mol. The van der Waals surface area contributed by atoms with E-state index in [1.165, 1.54) is 11.8 Å². The lowest BCUT2D eigenvalue weighted by Crippen LogP contribution is -2.47. The number of aromatic amines is 1. The molecule has 2 amide bonds. The van der Waals surface area contributed by atoms with E-state index >= 15 is 0 Å². The zero-order valence-corrected chi connectivity index (χ0v) is 15.1. The van der Waals surface area contributed by atoms with Gasteiger partial charge in [0.05, 0.1) is 18.6 Å². The molecule has 3 rings (SSSR count). The molecule has 0 aliphatic heterocycles. The third-order valence-electron chi connectivity index (χ3n) is 3.96. The molecule has 0 saturated carbocycles. The minimum atomic E-state index is -0.661. The quantitative estimate of drug-likeness (QED) is 0.612. The van der Waals surface area contributed by atoms with Crippen molar-refractivity contribution in [2.75, 3.05) is 0 Å². The van der Waals surface area contributed by atoms with Crippen molar-refractivity contribution in [1.29, 1.82) is 0 Å². The molecule has 0 spiro atoms. The van der Waals surface area contributed by atoms with E-state index in [1.807, 2.05) is 17.5 Å². The molecule has 3 heterocycles. The third-order valence-corrected chi connectivity index (χ3v) is 5.03. The zero-order valence-electron chi connectivity index (χ0n) is 14.3. The van der Waals surface area contributed by atoms with Gasteiger partial charge in [0.25, 0.3) is 0 Å². The van der Waals surface area contributed by atoms with E-state index in [9.17, 15) is 9.59 Å². The molecule has 0 aliphatic carbocycles. The fourth-order valence-corrected chi connectivity index (χ4v) is 3.53. The third kappa shape index (κ3) is 3.87. The number of hydrogen-bond donors (Lipinski definition) is 3. The Hall–Kier alpha value is -2.68. The van der Waals surface area contributed by atoms with Gasteiger partial charge in [-0.05, 0) is 13.8 Å². The maximum absolute atomic E-state index is 12.5. The van der Waals surface area contributed by atoms with Crippen molar-refractivity contribution in [2.24, 2.45) is 0 Å². The Bertz CT molecular complexity index is 895. The summed E-state index contributed by atoms with van der Waals surface area (Å²) in [7, 11) is 0. The Kier molecular flexibility index (Phi) is 4.84. The Morgan fingerprint density at radius 1 is 1.40 bits per heavy atom. The molecule has 0 saturated heterocycles. The minimum Gasteiger partial charge on any atom is -0.349 e. The van der Waals surface area contributed by atoms with Gasteiger partial charge in [-0.3, -0.25) is 14.0 Å². The number of imidazole rings is 2. The Balaban J connectivity index is 1.66. The number of aromatic nitrogens is 4. The lowest BCUT2D eigenvalue weighted by molar-refractivity contribution is -0.128. The first-order valence-electron chi connectivity index (χ1n) is 7.90. The summed E-state index contributed by atoms with van der Waals surface area (Å²) >= 11 is 1.62. The molecule has 25 heavy (non-hydrogen) atoms. The van der Waals surface area contributed by atoms with Crippen molar-refractivity contribution in [3.05, 3.63) is 40.7 Å². The lowest BCUT2D eigenvalue weighted by Gasteiger charge is -2.16. The molecule has 0 unspecified atom stereocenters. The first-order valence-corrected chi connectivity index (χ1v) is 8.71. The first-order chi connectivity index (χ1) is 11.9. The molecule has 132 valence electrons. The highest BCUT2D eigenvalue weighted by atomic mass is 32.1. The van der Waals surface area contributed by atoms with Crippen LogP contribution in [0.25, 0.3) is 4.96 Å². The van der Waals surface area contributed by atoms with Crippen LogP contribution in [0.2, 0.25) is 0 Å². The van der Waals surface area contributed by atoms with E-state index < -0.39 is 6.04 Å². The number of amides is 2. The molecule has 0 aromatic carbocycles. The molecule has 3 N–H and O–H groups in total. The maximum Gasteiger partial charge on any atom is 0.243 e. The summed E-state index contributed by atoms with van der Waals surface area (Å²) in [6.07, 6.45) is 5.45. The topological polar surface area (TPSA) is 104 Å². The van der Waals surface area contributed by atoms with Gasteiger partial charge >= 0.3 is 0 Å². The molecule has 3 aromatic rings. The van der Waals surface area contributed by atoms with Gasteiger partial charge in [-0.25, -0.2) is 9.97 Å². The number of nitrogens with zero attached hydrogens (tertiary/aromatic N) is 3. The Labute approximate surface area is 148 Å². The summed E-state index contributed by atoms with van der Waals surface area (Å²) in [5, 5.41) is 5.51. The molecule has 8 nitrogen and oxygen atoms in total. The van der Waals surface area contributed by atoms with Crippen LogP contribution in [0, 0.1) is 13.8 Å². The number of aryl methyl sites for hydroxylation is 2. The number of H-pyrrole nitrogens is 1. The van der Waals surface area contributed by atoms with Crippen LogP contribution in [-0.2, 0) is 22.6 Å². The molecular formula is C16H20N6O2S. The van der Waals surface area contributed by atoms with Crippen molar-refractivity contribution < 1.29 is 9.59 Å². The predicted octanol–water partition coefficient (Wildman–Crippen LogP) is 1.10. The molecule has 0 radical (unpaired) electrons. The fourth-order valence-electron chi connectivity index (χ4n) is 2.56. The highest BCUT2D eigenvalue weighted by Crippen LogP contribution is 2.21. The van der Waals surface area contributed by atoms with Crippen LogP contribution in [0.15, 0.2) is 18.7 Å². The number of carbonyl (C=O) groups is 2. The largest absolute Gasteiger partial charge is 0.349 e. The van der Waals surface area contributed by atoms with E-state index in [1.54, 1.807) is 23.9 Å². The van der Waals surface area contributed by atoms with Crippen molar-refractivity contribution in [3.8, 4) is 0 Å². The van der Waals surface area contributed by atoms with Gasteiger partial charge in [-0.1, -0.05) is 0 Å². The summed E-state index contributed by atoms with van der Waals surface area (Å²) in [6, 6.07) is -0.661. The normalized spacial score (nSPS) is 12.3. The van der Waals surface area contributed by atoms with E-state index in [2.05, 4.69) is 32.5 Å². The molecule has 9 heteroatoms. The van der Waals surface area contributed by atoms with Gasteiger partial charge < -0.3 is 15.6 Å². The van der Waals surface area contributed by atoms with Crippen LogP contribution < -0.4 is 10.6 Å². The van der Waals surface area contributed by atoms with Crippen LogP contribution in [0.3, 0.4) is 0 Å². The second kappa shape index (κ2) is 7.06. The fraction of sp³-hybridized carbons (Fsp3) is 0.375. The van der Waals surface area contributed by atoms with Crippen molar-refractivity contribution in [2.45, 2.75) is 39.8 Å². The van der Waals surface area contributed by atoms with E-state index in [4.69, 9.17) is 0 Å². The van der Waals surface area contributed by atoms with Crippen molar-refractivity contribution in [1.82, 2.24) is 30.0 Å². The monoisotopic (exact) mass is 360 g/mol. The number of rotatable bonds is 6. The average Bonchev–Trinajstić information content (AvgIpc) is 3.25. The maximum atomic E-state index is 12.5. The van der Waals surface area contributed by atoms with E-state index in [0.717, 1.165) is 22.0 Å². The zero-order chi connectivity index (χ0) is 18.0. The summed E-state index contributed by atoms with van der Waals surface area (Å²) in [6.45, 7) is 5.80. The average molecular weight is 360 g/mol. The number of fused-ring (bicyclic) bond motifs is 1. The van der Waals surface area contributed by atoms with Crippen LogP contribution in [0.1, 0.15) is 28.9 Å². The molecule has 1 atom stereocenters. The summed E-state index contributed by atoms with van der Waals surface area (Å²) < 4.78 is 2.03. The minimum absolute atomic E-state index is 0.256. The number of thiazole rings is 1. The number of nitrogens with one attached hydrogen (secondary N) is 3. The number of carbonyl (C=O) groups excluding carboxylic acids is 2. The highest BCUT2D eigenvalue weighted by molar-refractivity contribution is 7.17. The highest BCUT2D eigenvalue weighted by Gasteiger charge is 2.21. The van der Waals surface area contributed by atoms with Gasteiger partial charge in [-0.2, -0.15) is 0 Å². The van der Waals surface area contributed by atoms with Gasteiger partial charge in [0.1, 0.15) is 6.04 Å². The van der Waals surface area contributed by atoms with Gasteiger partial charge in [-0.15, -0.1) is 11.3 Å². The van der Waals surface area contributed by atoms with E-state index in [-0.39, 0.29) is 11.8 Å². The van der Waals surface area contributed by atoms with Gasteiger partial charge in [0.15, 0.2) is 4.96 Å². The smallest absolute Gasteiger partial charge is 0.243 e. The molecule has 3 aromatic heterocycles. The van der Waals surface area contributed by atoms with Crippen molar-refractivity contribution in [3.63, 3.8) is 0 Å². The second-order valence-corrected chi connectivity index (χ2v) is 7.06. The second-order valence-electron chi connectivity index (χ2n) is 5.88. The summed E-state index contributed by atoms with van der Waals surface area (Å²) in [4.78, 5) is 37.4. The molecule has 0 aliphatic rings. The van der Waals surface area contributed by atoms with Crippen molar-refractivity contribution >= 4 is 28.1 Å².